The van der Waals surface area contributed by atoms with E-state index in [1.54, 1.807) is 0 Å². The number of carbonyl (C=O) groups is 2. The monoisotopic (exact) mass is 420 g/mol. The summed E-state index contributed by atoms with van der Waals surface area (Å²) < 4.78 is 11.1. The van der Waals surface area contributed by atoms with E-state index in [4.69, 9.17) is 9.47 Å². The number of hydrogen-bond donors (Lipinski definition) is 1. The summed E-state index contributed by atoms with van der Waals surface area (Å²) in [5.41, 5.74) is -0.816. The molecule has 0 aromatic heterocycles. The summed E-state index contributed by atoms with van der Waals surface area (Å²) in [5.74, 6) is 1.96. The second kappa shape index (κ2) is 7.50. The van der Waals surface area contributed by atoms with Gasteiger partial charge < -0.3 is 14.6 Å². The maximum absolute atomic E-state index is 11.7. The van der Waals surface area contributed by atoms with E-state index in [1.807, 2.05) is 6.92 Å². The van der Waals surface area contributed by atoms with Crippen molar-refractivity contribution >= 4 is 11.9 Å². The van der Waals surface area contributed by atoms with Crippen molar-refractivity contribution in [2.24, 2.45) is 34.5 Å². The van der Waals surface area contributed by atoms with Crippen molar-refractivity contribution in [1.29, 1.82) is 0 Å². The zero-order valence-electron chi connectivity index (χ0n) is 19.4. The van der Waals surface area contributed by atoms with Gasteiger partial charge in [-0.05, 0) is 93.8 Å². The van der Waals surface area contributed by atoms with Crippen molar-refractivity contribution < 1.29 is 24.2 Å². The number of esters is 2. The molecule has 0 radical (unpaired) electrons. The van der Waals surface area contributed by atoms with E-state index in [9.17, 15) is 14.7 Å². The molecule has 9 atom stereocenters. The molecule has 4 aliphatic rings. The largest absolute Gasteiger partial charge is 0.463 e. The van der Waals surface area contributed by atoms with Gasteiger partial charge in [0.2, 0.25) is 0 Å². The first-order valence-corrected chi connectivity index (χ1v) is 12.1. The normalized spacial score (nSPS) is 48.7. The first kappa shape index (κ1) is 22.1. The number of carbonyl (C=O) groups excluding carboxylic acids is 2. The lowest BCUT2D eigenvalue weighted by atomic mass is 9.44. The molecule has 4 saturated carbocycles. The molecule has 5 nitrogen and oxygen atoms in total. The fourth-order valence-electron chi connectivity index (χ4n) is 8.63. The Morgan fingerprint density at radius 2 is 1.63 bits per heavy atom. The summed E-state index contributed by atoms with van der Waals surface area (Å²) in [6.45, 7) is 9.57. The molecular formula is C25H40O5. The van der Waals surface area contributed by atoms with E-state index in [-0.39, 0.29) is 23.5 Å². The van der Waals surface area contributed by atoms with Crippen molar-refractivity contribution in [2.75, 3.05) is 0 Å². The van der Waals surface area contributed by atoms with E-state index in [2.05, 4.69) is 13.8 Å². The molecule has 0 bridgehead atoms. The van der Waals surface area contributed by atoms with Crippen LogP contribution < -0.4 is 0 Å². The molecule has 0 aromatic rings. The average Bonchev–Trinajstić information content (AvgIpc) is 2.93. The smallest absolute Gasteiger partial charge is 0.302 e. The second-order valence-corrected chi connectivity index (χ2v) is 11.3. The highest BCUT2D eigenvalue weighted by molar-refractivity contribution is 5.66. The first-order valence-electron chi connectivity index (χ1n) is 12.1. The van der Waals surface area contributed by atoms with Crippen LogP contribution >= 0.6 is 0 Å². The van der Waals surface area contributed by atoms with Gasteiger partial charge in [0.15, 0.2) is 0 Å². The van der Waals surface area contributed by atoms with E-state index in [0.717, 1.165) is 44.9 Å². The topological polar surface area (TPSA) is 72.8 Å². The molecule has 4 rings (SSSR count). The molecule has 0 aliphatic heterocycles. The van der Waals surface area contributed by atoms with Crippen LogP contribution in [0.25, 0.3) is 0 Å². The summed E-state index contributed by atoms with van der Waals surface area (Å²) in [7, 11) is 0. The molecule has 170 valence electrons. The highest BCUT2D eigenvalue weighted by Crippen LogP contribution is 2.68. The summed E-state index contributed by atoms with van der Waals surface area (Å²) in [5, 5.41) is 11.7. The summed E-state index contributed by atoms with van der Waals surface area (Å²) >= 11 is 0. The molecule has 4 fully saturated rings. The van der Waals surface area contributed by atoms with Gasteiger partial charge in [-0.1, -0.05) is 13.8 Å². The third kappa shape index (κ3) is 3.22. The fraction of sp³-hybridized carbons (Fsp3) is 0.920. The lowest BCUT2D eigenvalue weighted by Gasteiger charge is -2.62. The molecule has 1 N–H and O–H groups in total. The van der Waals surface area contributed by atoms with Gasteiger partial charge in [-0.3, -0.25) is 9.59 Å². The van der Waals surface area contributed by atoms with Crippen molar-refractivity contribution in [3.63, 3.8) is 0 Å². The highest BCUT2D eigenvalue weighted by Gasteiger charge is 2.66. The molecule has 5 heteroatoms. The van der Waals surface area contributed by atoms with Gasteiger partial charge in [0.05, 0.1) is 0 Å². The van der Waals surface area contributed by atoms with Crippen LogP contribution in [0.5, 0.6) is 0 Å². The van der Waals surface area contributed by atoms with Crippen molar-refractivity contribution in [1.82, 2.24) is 0 Å². The molecular weight excluding hydrogens is 380 g/mol. The number of hydrogen-bond acceptors (Lipinski definition) is 5. The van der Waals surface area contributed by atoms with E-state index < -0.39 is 11.7 Å². The molecule has 0 amide bonds. The third-order valence-corrected chi connectivity index (χ3v) is 10.2. The molecule has 0 unspecified atom stereocenters. The van der Waals surface area contributed by atoms with Gasteiger partial charge in [-0.15, -0.1) is 0 Å². The molecule has 0 saturated heterocycles. The Bertz CT molecular complexity index is 706. The van der Waals surface area contributed by atoms with Crippen LogP contribution in [0.15, 0.2) is 0 Å². The van der Waals surface area contributed by atoms with E-state index in [0.29, 0.717) is 29.1 Å². The van der Waals surface area contributed by atoms with Gasteiger partial charge in [0.1, 0.15) is 17.8 Å². The van der Waals surface area contributed by atoms with Crippen LogP contribution in [0.2, 0.25) is 0 Å². The third-order valence-electron chi connectivity index (χ3n) is 10.2. The quantitative estimate of drug-likeness (QED) is 0.673. The van der Waals surface area contributed by atoms with Crippen molar-refractivity contribution in [3.05, 3.63) is 0 Å². The van der Waals surface area contributed by atoms with Gasteiger partial charge in [0, 0.05) is 19.3 Å². The van der Waals surface area contributed by atoms with E-state index >= 15 is 0 Å². The van der Waals surface area contributed by atoms with Crippen LogP contribution in [0.4, 0.5) is 0 Å². The van der Waals surface area contributed by atoms with Crippen LogP contribution in [0.1, 0.15) is 92.4 Å². The second-order valence-electron chi connectivity index (χ2n) is 11.3. The van der Waals surface area contributed by atoms with Crippen molar-refractivity contribution in [2.45, 2.75) is 110 Å². The fourth-order valence-corrected chi connectivity index (χ4v) is 8.63. The SMILES string of the molecule is CC(=O)O[C@@H]1CC[C@]2(C)[C@@H](CC[C@@H]3[C@H]2CC[C@@]2(C)[C@@H]3CC[C@]2(O)[C@@H](C)OC(C)=O)C1. The lowest BCUT2D eigenvalue weighted by Crippen LogP contribution is -2.60. The Kier molecular flexibility index (Phi) is 5.52. The predicted molar refractivity (Wildman–Crippen MR) is 113 cm³/mol. The number of ether oxygens (including phenoxy) is 2. The van der Waals surface area contributed by atoms with Crippen molar-refractivity contribution in [3.8, 4) is 0 Å². The summed E-state index contributed by atoms with van der Waals surface area (Å²) in [6, 6.07) is 0. The summed E-state index contributed by atoms with van der Waals surface area (Å²) in [4.78, 5) is 23.0. The molecule has 0 aromatic carbocycles. The minimum Gasteiger partial charge on any atom is -0.463 e. The first-order chi connectivity index (χ1) is 14.0. The van der Waals surface area contributed by atoms with Crippen LogP contribution in [0.3, 0.4) is 0 Å². The molecule has 4 aliphatic carbocycles. The zero-order valence-corrected chi connectivity index (χ0v) is 19.4. The zero-order chi connectivity index (χ0) is 21.9. The Morgan fingerprint density at radius 1 is 0.933 bits per heavy atom. The molecule has 30 heavy (non-hydrogen) atoms. The van der Waals surface area contributed by atoms with Gasteiger partial charge in [0.25, 0.3) is 0 Å². The van der Waals surface area contributed by atoms with E-state index in [1.165, 1.54) is 26.7 Å². The maximum Gasteiger partial charge on any atom is 0.302 e. The maximum atomic E-state index is 11.7. The average molecular weight is 421 g/mol. The molecule has 0 spiro atoms. The Balaban J connectivity index is 1.54. The standard InChI is InChI=1S/C25H40O5/c1-15(29-16(2)26)25(28)13-10-22-20-7-6-18-14-19(30-17(3)27)8-11-23(18,4)21(20)9-12-24(22,25)5/h15,18-22,28H,6-14H2,1-5H3/t15-,18+,19-,20-,21-,22-,23-,24+,25+/m1/s1. The summed E-state index contributed by atoms with van der Waals surface area (Å²) in [6.07, 6.45) is 9.02. The molecule has 0 heterocycles. The Labute approximate surface area is 181 Å². The minimum absolute atomic E-state index is 0.0899. The Morgan fingerprint density at radius 3 is 2.30 bits per heavy atom. The number of aliphatic hydroxyl groups is 1. The predicted octanol–water partition coefficient (Wildman–Crippen LogP) is 4.64. The van der Waals surface area contributed by atoms with Crippen LogP contribution in [-0.2, 0) is 19.1 Å². The number of rotatable bonds is 3. The Hall–Kier alpha value is -1.10. The number of fused-ring (bicyclic) bond motifs is 5. The lowest BCUT2D eigenvalue weighted by molar-refractivity contribution is -0.201. The van der Waals surface area contributed by atoms with Crippen LogP contribution in [-0.4, -0.2) is 34.9 Å². The van der Waals surface area contributed by atoms with Gasteiger partial charge >= 0.3 is 11.9 Å². The minimum atomic E-state index is -0.932. The van der Waals surface area contributed by atoms with Gasteiger partial charge in [-0.2, -0.15) is 0 Å². The van der Waals surface area contributed by atoms with Crippen LogP contribution in [0, 0.1) is 34.5 Å². The highest BCUT2D eigenvalue weighted by atomic mass is 16.6. The van der Waals surface area contributed by atoms with Gasteiger partial charge in [-0.25, -0.2) is 0 Å².